The molecule has 4 aromatic rings. The SMILES string of the molecule is O=C(C1CCCN1S(=O)(=O)c1cccs1)N(Cc1ccncc1)c1nc2ccc(F)cc2s1. The molecule has 7 nitrogen and oxygen atoms in total. The van der Waals surface area contributed by atoms with Crippen molar-refractivity contribution in [1.82, 2.24) is 14.3 Å². The third-order valence-electron chi connectivity index (χ3n) is 5.47. The van der Waals surface area contributed by atoms with Gasteiger partial charge in [0.25, 0.3) is 10.0 Å². The molecule has 3 aromatic heterocycles. The highest BCUT2D eigenvalue weighted by Crippen LogP contribution is 2.34. The number of benzene rings is 1. The number of nitrogens with zero attached hydrogens (tertiary/aromatic N) is 4. The molecule has 1 fully saturated rings. The highest BCUT2D eigenvalue weighted by atomic mass is 32.2. The molecule has 1 amide bonds. The van der Waals surface area contributed by atoms with Gasteiger partial charge >= 0.3 is 0 Å². The molecular formula is C22H19FN4O3S3. The van der Waals surface area contributed by atoms with Crippen LogP contribution in [0.4, 0.5) is 9.52 Å². The molecule has 1 atom stereocenters. The fraction of sp³-hybridized carbons (Fsp3) is 0.227. The average Bonchev–Trinajstić information content (AvgIpc) is 3.58. The molecule has 170 valence electrons. The van der Waals surface area contributed by atoms with Crippen molar-refractivity contribution in [1.29, 1.82) is 0 Å². The van der Waals surface area contributed by atoms with Crippen LogP contribution >= 0.6 is 22.7 Å². The zero-order valence-electron chi connectivity index (χ0n) is 17.3. The predicted molar refractivity (Wildman–Crippen MR) is 126 cm³/mol. The number of halogens is 1. The van der Waals surface area contributed by atoms with Gasteiger partial charge < -0.3 is 0 Å². The van der Waals surface area contributed by atoms with Crippen LogP contribution in [0, 0.1) is 5.82 Å². The van der Waals surface area contributed by atoms with Crippen LogP contribution in [0.5, 0.6) is 0 Å². The molecule has 0 bridgehead atoms. The van der Waals surface area contributed by atoms with E-state index in [1.54, 1.807) is 48.1 Å². The van der Waals surface area contributed by atoms with Crippen LogP contribution in [0.15, 0.2) is 64.4 Å². The van der Waals surface area contributed by atoms with Crippen LogP contribution in [-0.4, -0.2) is 41.2 Å². The molecule has 1 unspecified atom stereocenters. The number of amides is 1. The molecule has 0 spiro atoms. The number of carbonyl (C=O) groups excluding carboxylic acids is 1. The number of hydrogen-bond donors (Lipinski definition) is 0. The zero-order chi connectivity index (χ0) is 23.0. The van der Waals surface area contributed by atoms with Gasteiger partial charge in [0, 0.05) is 18.9 Å². The number of aromatic nitrogens is 2. The first-order valence-corrected chi connectivity index (χ1v) is 13.4. The van der Waals surface area contributed by atoms with Crippen molar-refractivity contribution in [3.8, 4) is 0 Å². The summed E-state index contributed by atoms with van der Waals surface area (Å²) in [7, 11) is -3.78. The molecule has 1 aliphatic rings. The maximum Gasteiger partial charge on any atom is 0.253 e. The largest absolute Gasteiger partial charge is 0.282 e. The Morgan fingerprint density at radius 3 is 2.79 bits per heavy atom. The second kappa shape index (κ2) is 8.90. The van der Waals surface area contributed by atoms with Gasteiger partial charge in [0.2, 0.25) is 5.91 Å². The van der Waals surface area contributed by atoms with Gasteiger partial charge in [0.05, 0.1) is 16.8 Å². The summed E-state index contributed by atoms with van der Waals surface area (Å²) in [5.74, 6) is -0.724. The van der Waals surface area contributed by atoms with E-state index in [9.17, 15) is 17.6 Å². The van der Waals surface area contributed by atoms with Gasteiger partial charge in [0.15, 0.2) is 5.13 Å². The summed E-state index contributed by atoms with van der Waals surface area (Å²) in [4.78, 5) is 23.9. The van der Waals surface area contributed by atoms with Crippen LogP contribution in [0.2, 0.25) is 0 Å². The molecule has 0 saturated carbocycles. The standard InChI is InChI=1S/C22H19FN4O3S3/c23-16-5-6-17-19(13-16)32-22(25-17)26(14-15-7-9-24-10-8-15)21(28)18-3-1-11-27(18)33(29,30)20-4-2-12-31-20/h2,4-10,12-13,18H,1,3,11,14H2. The van der Waals surface area contributed by atoms with E-state index in [1.807, 2.05) is 0 Å². The quantitative estimate of drug-likeness (QED) is 0.393. The number of thiazole rings is 1. The summed E-state index contributed by atoms with van der Waals surface area (Å²) in [5, 5.41) is 2.10. The van der Waals surface area contributed by atoms with Gasteiger partial charge in [0.1, 0.15) is 16.1 Å². The smallest absolute Gasteiger partial charge is 0.253 e. The first-order valence-electron chi connectivity index (χ1n) is 10.3. The fourth-order valence-corrected chi connectivity index (χ4v) is 7.66. The lowest BCUT2D eigenvalue weighted by molar-refractivity contribution is -0.121. The molecule has 1 aromatic carbocycles. The Labute approximate surface area is 198 Å². The maximum atomic E-state index is 13.8. The van der Waals surface area contributed by atoms with Gasteiger partial charge in [-0.05, 0) is 60.2 Å². The van der Waals surface area contributed by atoms with Crippen LogP contribution in [-0.2, 0) is 21.4 Å². The predicted octanol–water partition coefficient (Wildman–Crippen LogP) is 4.28. The van der Waals surface area contributed by atoms with Crippen LogP contribution in [0.3, 0.4) is 0 Å². The first kappa shape index (κ1) is 22.1. The number of hydrogen-bond acceptors (Lipinski definition) is 7. The van der Waals surface area contributed by atoms with Crippen molar-refractivity contribution >= 4 is 54.0 Å². The van der Waals surface area contributed by atoms with E-state index in [-0.39, 0.29) is 29.0 Å². The Kier molecular flexibility index (Phi) is 5.95. The monoisotopic (exact) mass is 502 g/mol. The molecular weight excluding hydrogens is 483 g/mol. The third-order valence-corrected chi connectivity index (χ3v) is 9.80. The average molecular weight is 503 g/mol. The second-order valence-electron chi connectivity index (χ2n) is 7.59. The van der Waals surface area contributed by atoms with Crippen LogP contribution < -0.4 is 4.90 Å². The summed E-state index contributed by atoms with van der Waals surface area (Å²) in [6, 6.07) is 10.3. The van der Waals surface area contributed by atoms with E-state index < -0.39 is 16.1 Å². The number of carbonyl (C=O) groups is 1. The summed E-state index contributed by atoms with van der Waals surface area (Å²) < 4.78 is 42.3. The number of pyridine rings is 1. The van der Waals surface area contributed by atoms with Crippen LogP contribution in [0.1, 0.15) is 18.4 Å². The number of thiophene rings is 1. The van der Waals surface area contributed by atoms with Crippen molar-refractivity contribution in [2.45, 2.75) is 29.6 Å². The fourth-order valence-electron chi connectivity index (χ4n) is 3.89. The normalized spacial score (nSPS) is 16.9. The van der Waals surface area contributed by atoms with Crippen molar-refractivity contribution in [2.24, 2.45) is 0 Å². The summed E-state index contributed by atoms with van der Waals surface area (Å²) in [5.41, 5.74) is 1.41. The molecule has 1 aliphatic heterocycles. The van der Waals surface area contributed by atoms with E-state index in [0.717, 1.165) is 16.9 Å². The first-order chi connectivity index (χ1) is 15.9. The highest BCUT2D eigenvalue weighted by Gasteiger charge is 2.42. The Balaban J connectivity index is 1.53. The highest BCUT2D eigenvalue weighted by molar-refractivity contribution is 7.91. The van der Waals surface area contributed by atoms with E-state index in [2.05, 4.69) is 9.97 Å². The second-order valence-corrected chi connectivity index (χ2v) is 11.7. The molecule has 0 N–H and O–H groups in total. The maximum absolute atomic E-state index is 13.8. The lowest BCUT2D eigenvalue weighted by Crippen LogP contribution is -2.47. The van der Waals surface area contributed by atoms with Crippen molar-refractivity contribution < 1.29 is 17.6 Å². The van der Waals surface area contributed by atoms with Crippen molar-refractivity contribution in [3.63, 3.8) is 0 Å². The lowest BCUT2D eigenvalue weighted by Gasteiger charge is -2.28. The van der Waals surface area contributed by atoms with E-state index in [4.69, 9.17) is 0 Å². The molecule has 33 heavy (non-hydrogen) atoms. The summed E-state index contributed by atoms with van der Waals surface area (Å²) in [6.45, 7) is 0.484. The topological polar surface area (TPSA) is 83.5 Å². The van der Waals surface area contributed by atoms with E-state index >= 15 is 0 Å². The van der Waals surface area contributed by atoms with Crippen LogP contribution in [0.25, 0.3) is 10.2 Å². The van der Waals surface area contributed by atoms with Gasteiger partial charge in [-0.15, -0.1) is 11.3 Å². The van der Waals surface area contributed by atoms with E-state index in [1.165, 1.54) is 32.7 Å². The molecule has 1 saturated heterocycles. The Hall–Kier alpha value is -2.73. The molecule has 11 heteroatoms. The number of anilines is 1. The van der Waals surface area contributed by atoms with Crippen molar-refractivity contribution in [2.75, 3.05) is 11.4 Å². The minimum Gasteiger partial charge on any atom is -0.282 e. The van der Waals surface area contributed by atoms with Crippen molar-refractivity contribution in [3.05, 3.63) is 71.6 Å². The Bertz CT molecular complexity index is 1390. The minimum atomic E-state index is -3.78. The van der Waals surface area contributed by atoms with Gasteiger partial charge in [-0.1, -0.05) is 17.4 Å². The zero-order valence-corrected chi connectivity index (χ0v) is 19.7. The third kappa shape index (κ3) is 4.29. The number of sulfonamides is 1. The number of rotatable bonds is 6. The summed E-state index contributed by atoms with van der Waals surface area (Å²) >= 11 is 2.34. The Morgan fingerprint density at radius 2 is 2.03 bits per heavy atom. The molecule has 0 aliphatic carbocycles. The van der Waals surface area contributed by atoms with Gasteiger partial charge in [-0.25, -0.2) is 17.8 Å². The molecule has 5 rings (SSSR count). The Morgan fingerprint density at radius 1 is 1.21 bits per heavy atom. The minimum absolute atomic E-state index is 0.201. The molecule has 0 radical (unpaired) electrons. The van der Waals surface area contributed by atoms with Gasteiger partial charge in [-0.2, -0.15) is 4.31 Å². The number of fused-ring (bicyclic) bond motifs is 1. The lowest BCUT2D eigenvalue weighted by atomic mass is 10.2. The van der Waals surface area contributed by atoms with Gasteiger partial charge in [-0.3, -0.25) is 14.7 Å². The summed E-state index contributed by atoms with van der Waals surface area (Å²) in [6.07, 6.45) is 4.29. The van der Waals surface area contributed by atoms with E-state index in [0.29, 0.717) is 28.2 Å². The molecule has 4 heterocycles.